The van der Waals surface area contributed by atoms with Crippen molar-refractivity contribution in [3.8, 4) is 0 Å². The summed E-state index contributed by atoms with van der Waals surface area (Å²) in [4.78, 5) is 72.8. The quantitative estimate of drug-likeness (QED) is 0.0222. The summed E-state index contributed by atoms with van der Waals surface area (Å²) in [5.41, 5.74) is 0. The Labute approximate surface area is 594 Å². The Balaban J connectivity index is 5.20. The first kappa shape index (κ1) is 95.1. The summed E-state index contributed by atoms with van der Waals surface area (Å²) in [6.45, 7) is 7.32. The molecular weight excluding hydrogens is 1270 g/mol. The average Bonchev–Trinajstić information content (AvgIpc) is 1.58. The van der Waals surface area contributed by atoms with Crippen molar-refractivity contribution < 1.29 is 80.2 Å². The topological polar surface area (TPSA) is 237 Å². The number of hydrogen-bond acceptors (Lipinski definition) is 15. The summed E-state index contributed by atoms with van der Waals surface area (Å²) in [5.74, 6) is -1.30. The maximum absolute atomic E-state index is 13.1. The fourth-order valence-electron chi connectivity index (χ4n) is 12.1. The Kier molecular flexibility index (Phi) is 69.6. The number of carbonyl (C=O) groups is 4. The lowest BCUT2D eigenvalue weighted by atomic mass is 10.0. The van der Waals surface area contributed by atoms with Crippen LogP contribution in [0.15, 0.2) is 0 Å². The first-order chi connectivity index (χ1) is 47.0. The number of phosphoric ester groups is 2. The van der Waals surface area contributed by atoms with Gasteiger partial charge in [0.1, 0.15) is 19.3 Å². The lowest BCUT2D eigenvalue weighted by Gasteiger charge is -2.21. The van der Waals surface area contributed by atoms with Gasteiger partial charge in [-0.2, -0.15) is 0 Å². The fourth-order valence-corrected chi connectivity index (χ4v) is 13.6. The van der Waals surface area contributed by atoms with E-state index in [4.69, 9.17) is 37.0 Å². The highest BCUT2D eigenvalue weighted by molar-refractivity contribution is 7.47. The average molecular weight is 1420 g/mol. The van der Waals surface area contributed by atoms with Gasteiger partial charge in [0.05, 0.1) is 26.4 Å². The van der Waals surface area contributed by atoms with Gasteiger partial charge in [0, 0.05) is 25.7 Å². The number of rotatable bonds is 78. The highest BCUT2D eigenvalue weighted by Crippen LogP contribution is 2.45. The van der Waals surface area contributed by atoms with Gasteiger partial charge in [-0.05, 0) is 31.6 Å². The van der Waals surface area contributed by atoms with Crippen LogP contribution in [0, 0.1) is 5.92 Å². The maximum Gasteiger partial charge on any atom is 0.472 e. The van der Waals surface area contributed by atoms with E-state index in [0.717, 1.165) is 102 Å². The zero-order valence-corrected chi connectivity index (χ0v) is 65.0. The van der Waals surface area contributed by atoms with E-state index in [-0.39, 0.29) is 25.7 Å². The molecule has 0 aliphatic heterocycles. The molecule has 0 rings (SSSR count). The maximum atomic E-state index is 13.1. The van der Waals surface area contributed by atoms with Gasteiger partial charge in [-0.3, -0.25) is 37.3 Å². The molecule has 0 aliphatic rings. The summed E-state index contributed by atoms with van der Waals surface area (Å²) < 4.78 is 68.5. The third-order valence-corrected chi connectivity index (χ3v) is 20.2. The monoisotopic (exact) mass is 1420 g/mol. The van der Waals surface area contributed by atoms with E-state index in [0.29, 0.717) is 25.7 Å². The zero-order valence-electron chi connectivity index (χ0n) is 63.2. The van der Waals surface area contributed by atoms with Gasteiger partial charge in [0.2, 0.25) is 0 Å². The first-order valence-corrected chi connectivity index (χ1v) is 43.6. The number of esters is 4. The molecule has 17 nitrogen and oxygen atoms in total. The van der Waals surface area contributed by atoms with Crippen LogP contribution < -0.4 is 0 Å². The summed E-state index contributed by atoms with van der Waals surface area (Å²) >= 11 is 0. The lowest BCUT2D eigenvalue weighted by Crippen LogP contribution is -2.30. The van der Waals surface area contributed by atoms with E-state index in [1.807, 2.05) is 0 Å². The van der Waals surface area contributed by atoms with Gasteiger partial charge in [-0.1, -0.05) is 362 Å². The second kappa shape index (κ2) is 71.1. The molecule has 0 spiro atoms. The SMILES string of the molecule is CCCCCCCCCCCCCCCCCCC(=O)OC[C@H](COP(=O)(O)OC[C@@H](O)COP(=O)(O)OC[C@@H](COC(=O)CCCCCCCCCC)OC(=O)CCCCCCCCCCCCCCCC)OC(=O)CCCCCCCCCCCCCCCCCCC(C)C. The smallest absolute Gasteiger partial charge is 0.462 e. The summed E-state index contributed by atoms with van der Waals surface area (Å²) in [7, 11) is -9.91. The van der Waals surface area contributed by atoms with E-state index < -0.39 is 97.5 Å². The van der Waals surface area contributed by atoms with Gasteiger partial charge < -0.3 is 33.8 Å². The molecule has 0 saturated heterocycles. The van der Waals surface area contributed by atoms with Crippen LogP contribution in [0.4, 0.5) is 0 Å². The second-order valence-corrected chi connectivity index (χ2v) is 31.5. The van der Waals surface area contributed by atoms with Gasteiger partial charge in [0.25, 0.3) is 0 Å². The minimum atomic E-state index is -4.96. The van der Waals surface area contributed by atoms with Gasteiger partial charge >= 0.3 is 39.5 Å². The molecule has 0 aliphatic carbocycles. The van der Waals surface area contributed by atoms with Crippen LogP contribution in [0.3, 0.4) is 0 Å². The fraction of sp³-hybridized carbons (Fsp3) is 0.949. The van der Waals surface area contributed by atoms with Crippen molar-refractivity contribution in [2.45, 2.75) is 432 Å². The van der Waals surface area contributed by atoms with Crippen LogP contribution in [0.25, 0.3) is 0 Å². The number of hydrogen-bond donors (Lipinski definition) is 3. The van der Waals surface area contributed by atoms with Crippen molar-refractivity contribution in [2.24, 2.45) is 5.92 Å². The van der Waals surface area contributed by atoms with Crippen molar-refractivity contribution >= 4 is 39.5 Å². The Morgan fingerprint density at radius 3 is 0.701 bits per heavy atom. The largest absolute Gasteiger partial charge is 0.472 e. The summed E-state index contributed by atoms with van der Waals surface area (Å²) in [6.07, 6.45) is 61.0. The predicted molar refractivity (Wildman–Crippen MR) is 395 cm³/mol. The van der Waals surface area contributed by atoms with Crippen LogP contribution in [-0.2, 0) is 65.4 Å². The predicted octanol–water partition coefficient (Wildman–Crippen LogP) is 23.3. The van der Waals surface area contributed by atoms with Crippen LogP contribution in [0.5, 0.6) is 0 Å². The zero-order chi connectivity index (χ0) is 71.2. The third kappa shape index (κ3) is 72.2. The van der Waals surface area contributed by atoms with Crippen LogP contribution in [0.1, 0.15) is 413 Å². The molecule has 0 aromatic carbocycles. The normalized spacial score (nSPS) is 13.9. The van der Waals surface area contributed by atoms with E-state index in [9.17, 15) is 43.2 Å². The Morgan fingerprint density at radius 2 is 0.474 bits per heavy atom. The molecule has 0 bridgehead atoms. The highest BCUT2D eigenvalue weighted by Gasteiger charge is 2.30. The number of carbonyl (C=O) groups excluding carboxylic acids is 4. The molecule has 19 heteroatoms. The van der Waals surface area contributed by atoms with Crippen molar-refractivity contribution in [2.75, 3.05) is 39.6 Å². The van der Waals surface area contributed by atoms with E-state index in [1.54, 1.807) is 0 Å². The van der Waals surface area contributed by atoms with Crippen LogP contribution in [0.2, 0.25) is 0 Å². The standard InChI is InChI=1S/C78H152O17P2/c1-6-9-12-15-18-21-23-25-27-31-35-38-42-47-52-57-62-76(81)89-68-74(95-78(83)64-59-54-49-44-40-36-32-29-28-30-33-37-41-45-50-55-60-71(4)5)70-93-97(86,87)91-66-72(79)65-90-96(84,85)92-69-73(67-88-75(80)61-56-51-46-20-17-14-11-8-3)94-77(82)63-58-53-48-43-39-34-26-24-22-19-16-13-10-7-2/h71-74,79H,6-70H2,1-5H3,(H,84,85)(H,86,87)/t72-,73+,74+/m0/s1. The van der Waals surface area contributed by atoms with Crippen LogP contribution in [-0.4, -0.2) is 96.7 Å². The molecule has 2 unspecified atom stereocenters. The molecule has 0 aromatic rings. The van der Waals surface area contributed by atoms with Gasteiger partial charge in [0.15, 0.2) is 12.2 Å². The van der Waals surface area contributed by atoms with Crippen molar-refractivity contribution in [3.63, 3.8) is 0 Å². The molecule has 0 amide bonds. The number of phosphoric acid groups is 2. The molecule has 0 radical (unpaired) electrons. The van der Waals surface area contributed by atoms with Gasteiger partial charge in [-0.25, -0.2) is 9.13 Å². The minimum absolute atomic E-state index is 0.108. The Morgan fingerprint density at radius 1 is 0.278 bits per heavy atom. The minimum Gasteiger partial charge on any atom is -0.462 e. The third-order valence-electron chi connectivity index (χ3n) is 18.3. The molecule has 0 fully saturated rings. The number of unbranched alkanes of at least 4 members (excludes halogenated alkanes) is 50. The lowest BCUT2D eigenvalue weighted by molar-refractivity contribution is -0.161. The Bertz CT molecular complexity index is 1860. The molecular formula is C78H152O17P2. The highest BCUT2D eigenvalue weighted by atomic mass is 31.2. The molecule has 5 atom stereocenters. The molecule has 0 saturated carbocycles. The van der Waals surface area contributed by atoms with Crippen LogP contribution >= 0.6 is 15.6 Å². The number of aliphatic hydroxyl groups is 1. The van der Waals surface area contributed by atoms with Crippen molar-refractivity contribution in [1.29, 1.82) is 0 Å². The molecule has 3 N–H and O–H groups in total. The molecule has 97 heavy (non-hydrogen) atoms. The number of ether oxygens (including phenoxy) is 4. The first-order valence-electron chi connectivity index (χ1n) is 40.6. The summed E-state index contributed by atoms with van der Waals surface area (Å²) in [6, 6.07) is 0. The molecule has 576 valence electrons. The van der Waals surface area contributed by atoms with Crippen molar-refractivity contribution in [1.82, 2.24) is 0 Å². The van der Waals surface area contributed by atoms with E-state index in [2.05, 4.69) is 34.6 Å². The molecule has 0 aromatic heterocycles. The Hall–Kier alpha value is -1.94. The van der Waals surface area contributed by atoms with E-state index in [1.165, 1.54) is 231 Å². The van der Waals surface area contributed by atoms with Crippen molar-refractivity contribution in [3.05, 3.63) is 0 Å². The molecule has 0 heterocycles. The summed E-state index contributed by atoms with van der Waals surface area (Å²) in [5, 5.41) is 10.6. The van der Waals surface area contributed by atoms with Gasteiger partial charge in [-0.15, -0.1) is 0 Å². The second-order valence-electron chi connectivity index (χ2n) is 28.6. The number of aliphatic hydroxyl groups excluding tert-OH is 1. The van der Waals surface area contributed by atoms with E-state index >= 15 is 0 Å².